The average Bonchev–Trinajstić information content (AvgIpc) is 3.10. The Morgan fingerprint density at radius 1 is 1.21 bits per heavy atom. The Hall–Kier alpha value is -2.99. The van der Waals surface area contributed by atoms with Crippen LogP contribution in [0.2, 0.25) is 5.02 Å². The van der Waals surface area contributed by atoms with E-state index in [1.807, 2.05) is 44.2 Å². The van der Waals surface area contributed by atoms with Crippen LogP contribution in [0.3, 0.4) is 0 Å². The van der Waals surface area contributed by atoms with Gasteiger partial charge >= 0.3 is 0 Å². The molecule has 0 atom stereocenters. The smallest absolute Gasteiger partial charge is 0.272 e. The van der Waals surface area contributed by atoms with Crippen LogP contribution in [0.1, 0.15) is 28.7 Å². The summed E-state index contributed by atoms with van der Waals surface area (Å²) in [5.41, 5.74) is 2.94. The predicted octanol–water partition coefficient (Wildman–Crippen LogP) is 4.17. The van der Waals surface area contributed by atoms with Crippen molar-refractivity contribution in [3.63, 3.8) is 0 Å². The standard InChI is InChI=1S/C21H22ClN3O3/c1-4-28-20-17(22)11-15(12-19(20)27-3)13-23-21(26)18-10-14(2)25(24-18)16-8-6-5-7-9-16/h5-12H,4,13H2,1-3H3,(H,23,26). The van der Waals surface area contributed by atoms with Crippen LogP contribution in [-0.4, -0.2) is 29.4 Å². The highest BCUT2D eigenvalue weighted by atomic mass is 35.5. The first-order chi connectivity index (χ1) is 13.5. The molecule has 0 radical (unpaired) electrons. The lowest BCUT2D eigenvalue weighted by atomic mass is 10.2. The number of aromatic nitrogens is 2. The summed E-state index contributed by atoms with van der Waals surface area (Å²) in [6.45, 7) is 4.56. The summed E-state index contributed by atoms with van der Waals surface area (Å²) in [7, 11) is 1.55. The molecule has 0 spiro atoms. The van der Waals surface area contributed by atoms with Gasteiger partial charge in [0.2, 0.25) is 0 Å². The van der Waals surface area contributed by atoms with Crippen molar-refractivity contribution in [1.82, 2.24) is 15.1 Å². The van der Waals surface area contributed by atoms with E-state index in [1.165, 1.54) is 0 Å². The number of hydrogen-bond donors (Lipinski definition) is 1. The second kappa shape index (κ2) is 8.80. The molecular weight excluding hydrogens is 378 g/mol. The summed E-state index contributed by atoms with van der Waals surface area (Å²) >= 11 is 6.28. The fourth-order valence-corrected chi connectivity index (χ4v) is 3.14. The molecule has 6 nitrogen and oxygen atoms in total. The number of nitrogens with zero attached hydrogens (tertiary/aromatic N) is 2. The molecule has 1 heterocycles. The minimum absolute atomic E-state index is 0.262. The summed E-state index contributed by atoms with van der Waals surface area (Å²) in [6, 6.07) is 15.0. The number of benzene rings is 2. The molecule has 3 aromatic rings. The Labute approximate surface area is 169 Å². The second-order valence-electron chi connectivity index (χ2n) is 6.14. The summed E-state index contributed by atoms with van der Waals surface area (Å²) in [5.74, 6) is 0.767. The zero-order chi connectivity index (χ0) is 20.1. The van der Waals surface area contributed by atoms with Crippen LogP contribution < -0.4 is 14.8 Å². The highest BCUT2D eigenvalue weighted by molar-refractivity contribution is 6.32. The van der Waals surface area contributed by atoms with Crippen LogP contribution in [-0.2, 0) is 6.54 Å². The molecule has 0 bridgehead atoms. The second-order valence-corrected chi connectivity index (χ2v) is 6.55. The minimum Gasteiger partial charge on any atom is -0.493 e. The first-order valence-electron chi connectivity index (χ1n) is 8.93. The lowest BCUT2D eigenvalue weighted by molar-refractivity contribution is 0.0945. The van der Waals surface area contributed by atoms with Crippen LogP contribution in [0.25, 0.3) is 5.69 Å². The van der Waals surface area contributed by atoms with Crippen molar-refractivity contribution < 1.29 is 14.3 Å². The van der Waals surface area contributed by atoms with E-state index in [-0.39, 0.29) is 5.91 Å². The Bertz CT molecular complexity index is 971. The number of methoxy groups -OCH3 is 1. The third kappa shape index (κ3) is 4.28. The Morgan fingerprint density at radius 2 is 1.96 bits per heavy atom. The molecule has 0 unspecified atom stereocenters. The third-order valence-corrected chi connectivity index (χ3v) is 4.43. The van der Waals surface area contributed by atoms with E-state index >= 15 is 0 Å². The molecule has 1 amide bonds. The molecule has 3 rings (SSSR count). The van der Waals surface area contributed by atoms with Gasteiger partial charge in [0.05, 0.1) is 24.4 Å². The number of rotatable bonds is 7. The van der Waals surface area contributed by atoms with Crippen molar-refractivity contribution in [2.75, 3.05) is 13.7 Å². The van der Waals surface area contributed by atoms with Gasteiger partial charge in [-0.2, -0.15) is 5.10 Å². The van der Waals surface area contributed by atoms with Gasteiger partial charge < -0.3 is 14.8 Å². The fourth-order valence-electron chi connectivity index (χ4n) is 2.85. The molecule has 0 aliphatic carbocycles. The first-order valence-corrected chi connectivity index (χ1v) is 9.30. The number of nitrogens with one attached hydrogen (secondary N) is 1. The van der Waals surface area contributed by atoms with Crippen LogP contribution in [0, 0.1) is 6.92 Å². The molecule has 1 aromatic heterocycles. The average molecular weight is 400 g/mol. The van der Waals surface area contributed by atoms with Crippen LogP contribution in [0.4, 0.5) is 0 Å². The molecule has 1 N–H and O–H groups in total. The van der Waals surface area contributed by atoms with E-state index in [1.54, 1.807) is 30.0 Å². The Balaban J connectivity index is 1.74. The molecule has 0 aliphatic heterocycles. The van der Waals surface area contributed by atoms with E-state index in [0.29, 0.717) is 35.4 Å². The maximum Gasteiger partial charge on any atom is 0.272 e. The number of para-hydroxylation sites is 1. The van der Waals surface area contributed by atoms with Crippen molar-refractivity contribution in [3.8, 4) is 17.2 Å². The summed E-state index contributed by atoms with van der Waals surface area (Å²) in [6.07, 6.45) is 0. The number of hydrogen-bond acceptors (Lipinski definition) is 4. The van der Waals surface area contributed by atoms with Crippen LogP contribution >= 0.6 is 11.6 Å². The topological polar surface area (TPSA) is 65.4 Å². The molecule has 2 aromatic carbocycles. The normalized spacial score (nSPS) is 10.6. The quantitative estimate of drug-likeness (QED) is 0.647. The fraction of sp³-hybridized carbons (Fsp3) is 0.238. The molecule has 0 aliphatic rings. The SMILES string of the molecule is CCOc1c(Cl)cc(CNC(=O)c2cc(C)n(-c3ccccc3)n2)cc1OC. The van der Waals surface area contributed by atoms with Crippen LogP contribution in [0.5, 0.6) is 11.5 Å². The predicted molar refractivity (Wildman–Crippen MR) is 109 cm³/mol. The molecule has 0 fully saturated rings. The molecule has 0 saturated heterocycles. The van der Waals surface area contributed by atoms with E-state index < -0.39 is 0 Å². The first kappa shape index (κ1) is 19.8. The maximum absolute atomic E-state index is 12.5. The zero-order valence-electron chi connectivity index (χ0n) is 16.0. The Morgan fingerprint density at radius 3 is 2.64 bits per heavy atom. The lowest BCUT2D eigenvalue weighted by Gasteiger charge is -2.13. The van der Waals surface area contributed by atoms with E-state index in [0.717, 1.165) is 16.9 Å². The van der Waals surface area contributed by atoms with E-state index in [4.69, 9.17) is 21.1 Å². The molecular formula is C21H22ClN3O3. The summed E-state index contributed by atoms with van der Waals surface area (Å²) in [4.78, 5) is 12.5. The summed E-state index contributed by atoms with van der Waals surface area (Å²) < 4.78 is 12.6. The highest BCUT2D eigenvalue weighted by Gasteiger charge is 2.15. The number of aryl methyl sites for hydroxylation is 1. The van der Waals surface area contributed by atoms with Gasteiger partial charge in [0.25, 0.3) is 5.91 Å². The van der Waals surface area contributed by atoms with E-state index in [9.17, 15) is 4.79 Å². The monoisotopic (exact) mass is 399 g/mol. The van der Waals surface area contributed by atoms with Crippen molar-refractivity contribution in [2.24, 2.45) is 0 Å². The van der Waals surface area contributed by atoms with Gasteiger partial charge in [-0.15, -0.1) is 0 Å². The van der Waals surface area contributed by atoms with Gasteiger partial charge in [-0.3, -0.25) is 4.79 Å². The van der Waals surface area contributed by atoms with Gasteiger partial charge in [-0.05, 0) is 49.7 Å². The van der Waals surface area contributed by atoms with Crippen molar-refractivity contribution in [1.29, 1.82) is 0 Å². The van der Waals surface area contributed by atoms with Gasteiger partial charge in [0.1, 0.15) is 0 Å². The Kier molecular flexibility index (Phi) is 6.21. The zero-order valence-corrected chi connectivity index (χ0v) is 16.8. The van der Waals surface area contributed by atoms with Crippen molar-refractivity contribution in [2.45, 2.75) is 20.4 Å². The molecule has 7 heteroatoms. The van der Waals surface area contributed by atoms with Crippen molar-refractivity contribution in [3.05, 3.63) is 70.5 Å². The number of carbonyl (C=O) groups is 1. The number of amides is 1. The van der Waals surface area contributed by atoms with Crippen LogP contribution in [0.15, 0.2) is 48.5 Å². The van der Waals surface area contributed by atoms with Gasteiger partial charge in [-0.1, -0.05) is 29.8 Å². The van der Waals surface area contributed by atoms with E-state index in [2.05, 4.69) is 10.4 Å². The minimum atomic E-state index is -0.262. The maximum atomic E-state index is 12.5. The molecule has 146 valence electrons. The van der Waals surface area contributed by atoms with Gasteiger partial charge in [0, 0.05) is 12.2 Å². The third-order valence-electron chi connectivity index (χ3n) is 4.15. The molecule has 28 heavy (non-hydrogen) atoms. The number of ether oxygens (including phenoxy) is 2. The summed E-state index contributed by atoms with van der Waals surface area (Å²) in [5, 5.41) is 7.72. The van der Waals surface area contributed by atoms with Crippen molar-refractivity contribution >= 4 is 17.5 Å². The largest absolute Gasteiger partial charge is 0.493 e. The highest BCUT2D eigenvalue weighted by Crippen LogP contribution is 2.36. The lowest BCUT2D eigenvalue weighted by Crippen LogP contribution is -2.23. The van der Waals surface area contributed by atoms with Gasteiger partial charge in [-0.25, -0.2) is 4.68 Å². The number of carbonyl (C=O) groups excluding carboxylic acids is 1. The molecule has 0 saturated carbocycles. The number of halogens is 1. The van der Waals surface area contributed by atoms with Gasteiger partial charge in [0.15, 0.2) is 17.2 Å².